The Hall–Kier alpha value is -4.42. The molecule has 2 aliphatic rings. The molecule has 4 aromatic carbocycles. The minimum absolute atomic E-state index is 0.361. The summed E-state index contributed by atoms with van der Waals surface area (Å²) in [6.07, 6.45) is 0. The van der Waals surface area contributed by atoms with E-state index in [2.05, 4.69) is 34.1 Å². The summed E-state index contributed by atoms with van der Waals surface area (Å²) < 4.78 is 17.5. The van der Waals surface area contributed by atoms with Crippen LogP contribution in [0, 0.1) is 12.7 Å². The number of para-hydroxylation sites is 3. The first-order valence-corrected chi connectivity index (χ1v) is 12.9. The summed E-state index contributed by atoms with van der Waals surface area (Å²) in [5, 5.41) is 5.26. The fraction of sp³-hybridized carbons (Fsp3) is 0.0968. The van der Waals surface area contributed by atoms with Crippen LogP contribution in [0.2, 0.25) is 5.02 Å². The van der Waals surface area contributed by atoms with Crippen LogP contribution in [0.1, 0.15) is 28.4 Å². The number of benzene rings is 4. The second-order valence-electron chi connectivity index (χ2n) is 9.45. The SMILES string of the molecule is Cc1nn(-c2ccccc2)c2c1[C@@H](c1c(F)cccc1Cl)N1C(=N2)N(Cc2ccccc2)c2ccccc21. The molecule has 186 valence electrons. The predicted octanol–water partition coefficient (Wildman–Crippen LogP) is 7.59. The maximum absolute atomic E-state index is 15.7. The molecule has 0 aliphatic carbocycles. The van der Waals surface area contributed by atoms with Gasteiger partial charge in [-0.15, -0.1) is 0 Å². The van der Waals surface area contributed by atoms with E-state index in [1.807, 2.05) is 72.3 Å². The zero-order valence-corrected chi connectivity index (χ0v) is 21.3. The van der Waals surface area contributed by atoms with Gasteiger partial charge in [0.1, 0.15) is 5.82 Å². The van der Waals surface area contributed by atoms with E-state index >= 15 is 4.39 Å². The Kier molecular flexibility index (Phi) is 5.30. The number of fused-ring (bicyclic) bond motifs is 4. The summed E-state index contributed by atoms with van der Waals surface area (Å²) >= 11 is 6.74. The van der Waals surface area contributed by atoms with E-state index in [9.17, 15) is 0 Å². The second-order valence-corrected chi connectivity index (χ2v) is 9.86. The van der Waals surface area contributed by atoms with Crippen LogP contribution < -0.4 is 9.80 Å². The number of hydrogen-bond donors (Lipinski definition) is 0. The van der Waals surface area contributed by atoms with Crippen molar-refractivity contribution < 1.29 is 4.39 Å². The van der Waals surface area contributed by atoms with Gasteiger partial charge in [-0.05, 0) is 48.9 Å². The lowest BCUT2D eigenvalue weighted by Gasteiger charge is -2.35. The highest BCUT2D eigenvalue weighted by atomic mass is 35.5. The van der Waals surface area contributed by atoms with E-state index in [0.717, 1.165) is 33.9 Å². The maximum atomic E-state index is 15.7. The zero-order valence-electron chi connectivity index (χ0n) is 20.6. The van der Waals surface area contributed by atoms with Crippen LogP contribution >= 0.6 is 11.6 Å². The number of nitrogens with zero attached hydrogens (tertiary/aromatic N) is 5. The van der Waals surface area contributed by atoms with Gasteiger partial charge in [0.05, 0.1) is 35.3 Å². The van der Waals surface area contributed by atoms with Gasteiger partial charge in [-0.25, -0.2) is 9.07 Å². The molecule has 2 aliphatic heterocycles. The summed E-state index contributed by atoms with van der Waals surface area (Å²) in [4.78, 5) is 9.53. The summed E-state index contributed by atoms with van der Waals surface area (Å²) in [5.41, 5.74) is 6.01. The first kappa shape index (κ1) is 22.8. The van der Waals surface area contributed by atoms with E-state index in [1.165, 1.54) is 6.07 Å². The summed E-state index contributed by atoms with van der Waals surface area (Å²) in [5.74, 6) is 1.03. The van der Waals surface area contributed by atoms with Crippen LogP contribution in [0.5, 0.6) is 0 Å². The van der Waals surface area contributed by atoms with Crippen molar-refractivity contribution in [1.82, 2.24) is 9.78 Å². The van der Waals surface area contributed by atoms with Crippen LogP contribution in [-0.4, -0.2) is 15.7 Å². The molecule has 38 heavy (non-hydrogen) atoms. The molecule has 1 atom stereocenters. The molecule has 0 fully saturated rings. The smallest absolute Gasteiger partial charge is 0.213 e. The summed E-state index contributed by atoms with van der Waals surface area (Å²) in [7, 11) is 0. The van der Waals surface area contributed by atoms with Crippen molar-refractivity contribution in [3.8, 4) is 5.69 Å². The minimum Gasteiger partial charge on any atom is -0.305 e. The minimum atomic E-state index is -0.550. The van der Waals surface area contributed by atoms with E-state index in [0.29, 0.717) is 28.9 Å². The maximum Gasteiger partial charge on any atom is 0.213 e. The summed E-state index contributed by atoms with van der Waals surface area (Å²) in [6, 6.07) is 32.6. The molecule has 0 bridgehead atoms. The molecular formula is C31H23ClFN5. The van der Waals surface area contributed by atoms with Gasteiger partial charge < -0.3 is 4.90 Å². The average molecular weight is 520 g/mol. The fourth-order valence-electron chi connectivity index (χ4n) is 5.51. The standard InChI is InChI=1S/C31H23ClFN5/c1-20-27-29(28-23(32)15-10-16-24(28)33)37-26-18-9-8-17-25(26)36(19-21-11-4-2-5-12-21)31(37)34-30(27)38(35-20)22-13-6-3-7-14-22/h2-18,29H,19H2,1H3/t29-/m0/s1. The molecule has 0 radical (unpaired) electrons. The highest BCUT2D eigenvalue weighted by Gasteiger charge is 2.45. The van der Waals surface area contributed by atoms with Crippen molar-refractivity contribution in [1.29, 1.82) is 0 Å². The van der Waals surface area contributed by atoms with Crippen molar-refractivity contribution >= 4 is 34.8 Å². The lowest BCUT2D eigenvalue weighted by Crippen LogP contribution is -2.43. The molecule has 5 aromatic rings. The Morgan fingerprint density at radius 3 is 2.21 bits per heavy atom. The molecule has 0 saturated heterocycles. The lowest BCUT2D eigenvalue weighted by molar-refractivity contribution is 0.597. The van der Waals surface area contributed by atoms with Gasteiger partial charge in [0.25, 0.3) is 0 Å². The largest absolute Gasteiger partial charge is 0.305 e. The molecule has 7 rings (SSSR count). The molecule has 0 amide bonds. The van der Waals surface area contributed by atoms with Gasteiger partial charge in [-0.3, -0.25) is 4.90 Å². The van der Waals surface area contributed by atoms with Crippen LogP contribution in [-0.2, 0) is 6.54 Å². The fourth-order valence-corrected chi connectivity index (χ4v) is 5.77. The van der Waals surface area contributed by atoms with Crippen molar-refractivity contribution in [3.63, 3.8) is 0 Å². The molecule has 0 N–H and O–H groups in total. The quantitative estimate of drug-likeness (QED) is 0.245. The zero-order chi connectivity index (χ0) is 25.8. The number of hydrogen-bond acceptors (Lipinski definition) is 4. The molecule has 1 aromatic heterocycles. The van der Waals surface area contributed by atoms with Crippen molar-refractivity contribution in [3.05, 3.63) is 136 Å². The molecule has 0 unspecified atom stereocenters. The summed E-state index contributed by atoms with van der Waals surface area (Å²) in [6.45, 7) is 2.56. The molecule has 0 saturated carbocycles. The molecule has 5 nitrogen and oxygen atoms in total. The number of anilines is 2. The normalized spacial score (nSPS) is 15.7. The second kappa shape index (κ2) is 8.85. The van der Waals surface area contributed by atoms with Gasteiger partial charge in [-0.2, -0.15) is 10.1 Å². The number of aromatic nitrogens is 2. The monoisotopic (exact) mass is 519 g/mol. The first-order chi connectivity index (χ1) is 18.6. The third-order valence-corrected chi connectivity index (χ3v) is 7.49. The Balaban J connectivity index is 1.52. The molecular weight excluding hydrogens is 497 g/mol. The molecule has 3 heterocycles. The third-order valence-electron chi connectivity index (χ3n) is 7.17. The van der Waals surface area contributed by atoms with E-state index in [1.54, 1.807) is 12.1 Å². The van der Waals surface area contributed by atoms with Gasteiger partial charge >= 0.3 is 0 Å². The van der Waals surface area contributed by atoms with Crippen molar-refractivity contribution in [2.24, 2.45) is 4.99 Å². The van der Waals surface area contributed by atoms with Crippen molar-refractivity contribution in [2.75, 3.05) is 9.80 Å². The number of aryl methyl sites for hydroxylation is 1. The lowest BCUT2D eigenvalue weighted by atomic mass is 9.94. The van der Waals surface area contributed by atoms with Gasteiger partial charge in [0.2, 0.25) is 5.96 Å². The van der Waals surface area contributed by atoms with E-state index in [4.69, 9.17) is 21.7 Å². The average Bonchev–Trinajstić information content (AvgIpc) is 3.44. The Morgan fingerprint density at radius 1 is 0.789 bits per heavy atom. The number of guanidine groups is 1. The van der Waals surface area contributed by atoms with Crippen LogP contribution in [0.4, 0.5) is 21.6 Å². The van der Waals surface area contributed by atoms with Gasteiger partial charge in [-0.1, -0.05) is 78.3 Å². The molecule has 0 spiro atoms. The topological polar surface area (TPSA) is 36.7 Å². The highest BCUT2D eigenvalue weighted by Crippen LogP contribution is 2.52. The van der Waals surface area contributed by atoms with Crippen molar-refractivity contribution in [2.45, 2.75) is 19.5 Å². The van der Waals surface area contributed by atoms with Crippen LogP contribution in [0.3, 0.4) is 0 Å². The Labute approximate surface area is 225 Å². The van der Waals surface area contributed by atoms with Gasteiger partial charge in [0, 0.05) is 16.1 Å². The van der Waals surface area contributed by atoms with Crippen LogP contribution in [0.25, 0.3) is 5.69 Å². The molecule has 7 heteroatoms. The highest BCUT2D eigenvalue weighted by molar-refractivity contribution is 6.31. The van der Waals surface area contributed by atoms with E-state index < -0.39 is 6.04 Å². The Morgan fingerprint density at radius 2 is 1.47 bits per heavy atom. The van der Waals surface area contributed by atoms with Gasteiger partial charge in [0.15, 0.2) is 5.82 Å². The first-order valence-electron chi connectivity index (χ1n) is 12.5. The number of halogens is 2. The Bertz CT molecular complexity index is 1680. The van der Waals surface area contributed by atoms with E-state index in [-0.39, 0.29) is 5.82 Å². The number of aliphatic imine (C=N–C) groups is 1. The third kappa shape index (κ3) is 3.45. The number of rotatable bonds is 4. The predicted molar refractivity (Wildman–Crippen MR) is 150 cm³/mol. The van der Waals surface area contributed by atoms with Crippen LogP contribution in [0.15, 0.2) is 108 Å².